The van der Waals surface area contributed by atoms with E-state index in [1.54, 1.807) is 53.2 Å². The van der Waals surface area contributed by atoms with E-state index in [4.69, 9.17) is 0 Å². The van der Waals surface area contributed by atoms with Gasteiger partial charge in [0.15, 0.2) is 12.7 Å². The molecule has 0 aliphatic carbocycles. The Bertz CT molecular complexity index is 1800. The number of halogens is 9. The quantitative estimate of drug-likeness (QED) is 0.0897. The van der Waals surface area contributed by atoms with Gasteiger partial charge in [0.05, 0.1) is 35.2 Å². The van der Waals surface area contributed by atoms with E-state index in [2.05, 4.69) is 6.58 Å². The van der Waals surface area contributed by atoms with Gasteiger partial charge in [-0.2, -0.15) is 44.1 Å². The number of hydrogen-bond acceptors (Lipinski definition) is 1. The zero-order valence-electron chi connectivity index (χ0n) is 25.6. The van der Waals surface area contributed by atoms with Crippen LogP contribution in [0.1, 0.15) is 52.3 Å². The highest BCUT2D eigenvalue weighted by molar-refractivity contribution is 5.79. The summed E-state index contributed by atoms with van der Waals surface area (Å²) >= 11 is 0. The molecule has 1 N–H and O–H groups in total. The average Bonchev–Trinajstić information content (AvgIpc) is 3.03. The normalized spacial score (nSPS) is 23.8. The summed E-state index contributed by atoms with van der Waals surface area (Å²) in [4.78, 5) is 0. The maximum atomic E-state index is 13.8. The van der Waals surface area contributed by atoms with Gasteiger partial charge in [0.25, 0.3) is 0 Å². The zero-order valence-corrected chi connectivity index (χ0v) is 25.6. The molecule has 254 valence electrons. The Labute approximate surface area is 271 Å². The van der Waals surface area contributed by atoms with E-state index in [0.717, 1.165) is 24.3 Å². The molecule has 3 aliphatic rings. The minimum absolute atomic E-state index is 0.0303. The number of aliphatic hydroxyl groups excluding tert-OH is 1. The van der Waals surface area contributed by atoms with Crippen LogP contribution < -0.4 is 4.57 Å². The maximum absolute atomic E-state index is 13.8. The molecule has 0 spiro atoms. The number of benzene rings is 3. The van der Waals surface area contributed by atoms with Crippen molar-refractivity contribution < 1.29 is 53.7 Å². The van der Waals surface area contributed by atoms with Crippen LogP contribution in [0.2, 0.25) is 0 Å². The molecule has 0 unspecified atom stereocenters. The monoisotopic (exact) mass is 680 g/mol. The third-order valence-electron chi connectivity index (χ3n) is 10.1. The summed E-state index contributed by atoms with van der Waals surface area (Å²) in [7, 11) is 0. The van der Waals surface area contributed by atoms with Gasteiger partial charge in [0.2, 0.25) is 5.52 Å². The van der Waals surface area contributed by atoms with Gasteiger partial charge >= 0.3 is 18.5 Å². The Kier molecular flexibility index (Phi) is 8.64. The van der Waals surface area contributed by atoms with Gasteiger partial charge in [-0.25, -0.2) is 0 Å². The summed E-state index contributed by atoms with van der Waals surface area (Å²) in [6.07, 6.45) is -11.0. The van der Waals surface area contributed by atoms with Crippen molar-refractivity contribution in [2.45, 2.75) is 56.6 Å². The number of hydrogen-bond donors (Lipinski definition) is 1. The van der Waals surface area contributed by atoms with Gasteiger partial charge in [-0.15, -0.1) is 6.58 Å². The minimum Gasteiger partial charge on any atom is -0.382 e. The number of alkyl halides is 9. The fraction of sp³-hybridized carbons (Fsp3) is 0.361. The Morgan fingerprint density at radius 3 is 2.10 bits per heavy atom. The largest absolute Gasteiger partial charge is 0.416 e. The number of piperidine rings is 3. The van der Waals surface area contributed by atoms with Crippen LogP contribution in [0.4, 0.5) is 39.5 Å². The van der Waals surface area contributed by atoms with Crippen molar-refractivity contribution in [2.24, 2.45) is 11.8 Å². The third-order valence-corrected chi connectivity index (χ3v) is 10.1. The van der Waals surface area contributed by atoms with E-state index in [0.29, 0.717) is 48.0 Å². The molecule has 3 nitrogen and oxygen atoms in total. The number of nitrogens with zero attached hydrogens (tertiary/aromatic N) is 2. The molecule has 0 amide bonds. The maximum Gasteiger partial charge on any atom is 0.416 e. The van der Waals surface area contributed by atoms with E-state index < -0.39 is 47.4 Å². The summed E-state index contributed by atoms with van der Waals surface area (Å²) in [6.45, 7) is 4.75. The Hall–Kier alpha value is -3.90. The van der Waals surface area contributed by atoms with Crippen LogP contribution in [0.5, 0.6) is 0 Å². The number of quaternary nitrogens is 1. The second kappa shape index (κ2) is 12.2. The van der Waals surface area contributed by atoms with Crippen molar-refractivity contribution in [3.63, 3.8) is 0 Å². The molecule has 3 aromatic carbocycles. The van der Waals surface area contributed by atoms with Gasteiger partial charge in [-0.3, -0.25) is 0 Å². The molecule has 48 heavy (non-hydrogen) atoms. The zero-order chi connectivity index (χ0) is 34.6. The lowest BCUT2D eigenvalue weighted by Crippen LogP contribution is -2.67. The van der Waals surface area contributed by atoms with Gasteiger partial charge in [-0.1, -0.05) is 30.3 Å². The first-order valence-corrected chi connectivity index (χ1v) is 15.5. The van der Waals surface area contributed by atoms with Crippen LogP contribution in [0.15, 0.2) is 91.6 Å². The van der Waals surface area contributed by atoms with Crippen LogP contribution in [-0.2, 0) is 31.6 Å². The molecule has 2 bridgehead atoms. The first-order valence-electron chi connectivity index (χ1n) is 15.5. The summed E-state index contributed by atoms with van der Waals surface area (Å²) in [5, 5.41) is 12.7. The highest BCUT2D eigenvalue weighted by Gasteiger charge is 2.54. The molecule has 3 fully saturated rings. The number of aliphatic hydroxyl groups is 1. The standard InChI is InChI=1S/C36H33F9N2O/c1-2-24-21-47(20-23-15-27(35(40,41)42)18-28(16-23)36(43,44)45)13-11-25(24)17-32(47)33(48)30-10-12-46(31-9-4-3-8-29(30)31)19-22-6-5-7-26(14-22)34(37,38)39/h2-10,12,14-16,18,24-25,32-33,48H,1,11,13,17,19-21H2/q+2/t24-,25-,32-,33+,47+/m0/s1. The van der Waals surface area contributed by atoms with E-state index in [1.165, 1.54) is 6.07 Å². The average molecular weight is 681 g/mol. The molecular formula is C36H33F9N2O+2. The lowest BCUT2D eigenvalue weighted by atomic mass is 9.71. The number of fused-ring (bicyclic) bond motifs is 4. The number of pyridine rings is 1. The summed E-state index contributed by atoms with van der Waals surface area (Å²) < 4.78 is 124. The van der Waals surface area contributed by atoms with Gasteiger partial charge in [-0.05, 0) is 42.3 Å². The minimum atomic E-state index is -4.99. The summed E-state index contributed by atoms with van der Waals surface area (Å²) in [6, 6.07) is 14.9. The van der Waals surface area contributed by atoms with E-state index >= 15 is 0 Å². The molecule has 5 atom stereocenters. The molecule has 7 rings (SSSR count). The second-order valence-electron chi connectivity index (χ2n) is 13.0. The van der Waals surface area contributed by atoms with Gasteiger partial charge in [0, 0.05) is 47.6 Å². The fourth-order valence-electron chi connectivity index (χ4n) is 7.81. The third kappa shape index (κ3) is 6.56. The van der Waals surface area contributed by atoms with Crippen molar-refractivity contribution in [2.75, 3.05) is 13.1 Å². The SMILES string of the molecule is C=C[C@H]1C[N@+]2(Cc3cc(C(F)(F)F)cc(C(F)(F)F)c3)CC[C@H]1C[C@H]2[C@H](O)c1cc[n+](Cc2cccc(C(F)(F)F)c2)c2ccccc12. The van der Waals surface area contributed by atoms with Crippen molar-refractivity contribution in [1.82, 2.24) is 0 Å². The molecule has 12 heteroatoms. The van der Waals surface area contributed by atoms with Crippen LogP contribution >= 0.6 is 0 Å². The van der Waals surface area contributed by atoms with Crippen LogP contribution in [0.3, 0.4) is 0 Å². The molecule has 4 aromatic rings. The highest BCUT2D eigenvalue weighted by atomic mass is 19.4. The molecule has 3 aliphatic heterocycles. The molecule has 0 radical (unpaired) electrons. The molecular weight excluding hydrogens is 647 g/mol. The van der Waals surface area contributed by atoms with Crippen molar-refractivity contribution in [1.29, 1.82) is 0 Å². The van der Waals surface area contributed by atoms with Gasteiger partial charge in [0.1, 0.15) is 18.7 Å². The first kappa shape index (κ1) is 34.0. The van der Waals surface area contributed by atoms with Crippen molar-refractivity contribution >= 4 is 10.9 Å². The second-order valence-corrected chi connectivity index (χ2v) is 13.0. The predicted octanol–water partition coefficient (Wildman–Crippen LogP) is 8.88. The number of para-hydroxylation sites is 1. The Morgan fingerprint density at radius 2 is 1.46 bits per heavy atom. The molecule has 4 heterocycles. The number of rotatable bonds is 7. The van der Waals surface area contributed by atoms with E-state index in [-0.39, 0.29) is 41.0 Å². The lowest BCUT2D eigenvalue weighted by Gasteiger charge is -2.58. The van der Waals surface area contributed by atoms with Crippen molar-refractivity contribution in [3.05, 3.63) is 125 Å². The lowest BCUT2D eigenvalue weighted by molar-refractivity contribution is -0.985. The summed E-state index contributed by atoms with van der Waals surface area (Å²) in [5.74, 6) is 0.104. The Morgan fingerprint density at radius 1 is 0.812 bits per heavy atom. The molecule has 1 aromatic heterocycles. The molecule has 3 saturated heterocycles. The molecule has 0 saturated carbocycles. The topological polar surface area (TPSA) is 24.1 Å². The highest BCUT2D eigenvalue weighted by Crippen LogP contribution is 2.48. The Balaban J connectivity index is 1.39. The first-order chi connectivity index (χ1) is 22.5. The smallest absolute Gasteiger partial charge is 0.382 e. The number of aromatic nitrogens is 1. The van der Waals surface area contributed by atoms with Crippen LogP contribution in [-0.4, -0.2) is 28.7 Å². The predicted molar refractivity (Wildman–Crippen MR) is 160 cm³/mol. The van der Waals surface area contributed by atoms with Gasteiger partial charge < -0.3 is 9.59 Å². The van der Waals surface area contributed by atoms with Crippen LogP contribution in [0, 0.1) is 11.8 Å². The van der Waals surface area contributed by atoms with Crippen LogP contribution in [0.25, 0.3) is 10.9 Å². The fourth-order valence-corrected chi connectivity index (χ4v) is 7.81. The summed E-state index contributed by atoms with van der Waals surface area (Å²) in [5.41, 5.74) is -2.06. The van der Waals surface area contributed by atoms with Crippen molar-refractivity contribution in [3.8, 4) is 0 Å². The van der Waals surface area contributed by atoms with E-state index in [9.17, 15) is 44.6 Å². The van der Waals surface area contributed by atoms with E-state index in [1.807, 2.05) is 0 Å².